The minimum atomic E-state index is -3.66. The molecule has 1 N–H and O–H groups in total. The number of hydrogen-bond donors (Lipinski definition) is 1. The second kappa shape index (κ2) is 9.80. The van der Waals surface area contributed by atoms with Gasteiger partial charge in [-0.2, -0.15) is 4.31 Å². The van der Waals surface area contributed by atoms with Gasteiger partial charge in [-0.15, -0.1) is 0 Å². The summed E-state index contributed by atoms with van der Waals surface area (Å²) in [6.45, 7) is 0.373. The molecule has 0 aromatic heterocycles. The van der Waals surface area contributed by atoms with Gasteiger partial charge >= 0.3 is 5.97 Å². The number of carbonyl (C=O) groups is 2. The molecule has 0 spiro atoms. The maximum Gasteiger partial charge on any atom is 0.338 e. The van der Waals surface area contributed by atoms with Crippen LogP contribution in [0.2, 0.25) is 0 Å². The number of sulfonamides is 1. The first-order valence-electron chi connectivity index (χ1n) is 9.64. The highest BCUT2D eigenvalue weighted by molar-refractivity contribution is 7.89. The third-order valence-corrected chi connectivity index (χ3v) is 6.68. The van der Waals surface area contributed by atoms with Gasteiger partial charge in [0.15, 0.2) is 6.61 Å². The smallest absolute Gasteiger partial charge is 0.338 e. The molecule has 0 radical (unpaired) electrons. The minimum absolute atomic E-state index is 0.0226. The third kappa shape index (κ3) is 5.33. The number of benzene rings is 2. The van der Waals surface area contributed by atoms with Gasteiger partial charge in [0.2, 0.25) is 10.0 Å². The molecular weight excluding hydrogens is 424 g/mol. The van der Waals surface area contributed by atoms with Crippen molar-refractivity contribution in [3.8, 4) is 11.5 Å². The van der Waals surface area contributed by atoms with Gasteiger partial charge in [0.25, 0.3) is 5.91 Å². The molecule has 166 valence electrons. The van der Waals surface area contributed by atoms with Crippen LogP contribution in [-0.2, 0) is 19.6 Å². The van der Waals surface area contributed by atoms with Gasteiger partial charge in [0.1, 0.15) is 11.5 Å². The van der Waals surface area contributed by atoms with Crippen molar-refractivity contribution in [1.82, 2.24) is 4.31 Å². The number of hydrogen-bond acceptors (Lipinski definition) is 7. The fraction of sp³-hybridized carbons (Fsp3) is 0.333. The van der Waals surface area contributed by atoms with E-state index in [1.807, 2.05) is 0 Å². The van der Waals surface area contributed by atoms with Gasteiger partial charge in [0.05, 0.1) is 30.4 Å². The predicted octanol–water partition coefficient (Wildman–Crippen LogP) is 2.28. The monoisotopic (exact) mass is 448 g/mol. The van der Waals surface area contributed by atoms with Crippen LogP contribution in [0.25, 0.3) is 0 Å². The Kier molecular flexibility index (Phi) is 7.13. The van der Waals surface area contributed by atoms with Crippen LogP contribution in [0, 0.1) is 0 Å². The molecule has 1 fully saturated rings. The first kappa shape index (κ1) is 22.6. The highest BCUT2D eigenvalue weighted by Crippen LogP contribution is 2.28. The summed E-state index contributed by atoms with van der Waals surface area (Å²) in [7, 11) is -0.708. The zero-order valence-electron chi connectivity index (χ0n) is 17.3. The Labute approximate surface area is 181 Å². The van der Waals surface area contributed by atoms with Crippen molar-refractivity contribution in [3.63, 3.8) is 0 Å². The van der Waals surface area contributed by atoms with E-state index in [1.165, 1.54) is 42.8 Å². The Morgan fingerprint density at radius 3 is 2.45 bits per heavy atom. The normalized spacial score (nSPS) is 14.1. The van der Waals surface area contributed by atoms with Crippen molar-refractivity contribution >= 4 is 27.6 Å². The summed E-state index contributed by atoms with van der Waals surface area (Å²) in [4.78, 5) is 24.6. The summed E-state index contributed by atoms with van der Waals surface area (Å²) < 4.78 is 42.1. The van der Waals surface area contributed by atoms with Crippen LogP contribution in [0.3, 0.4) is 0 Å². The fourth-order valence-electron chi connectivity index (χ4n) is 3.17. The van der Waals surface area contributed by atoms with Crippen LogP contribution in [-0.4, -0.2) is 58.5 Å². The number of rotatable bonds is 8. The van der Waals surface area contributed by atoms with Crippen LogP contribution < -0.4 is 14.8 Å². The average Bonchev–Trinajstić information content (AvgIpc) is 3.33. The van der Waals surface area contributed by atoms with Crippen molar-refractivity contribution in [2.24, 2.45) is 0 Å². The second-order valence-corrected chi connectivity index (χ2v) is 8.77. The Hall–Kier alpha value is -3.11. The number of esters is 1. The van der Waals surface area contributed by atoms with Crippen LogP contribution in [0.5, 0.6) is 11.5 Å². The highest BCUT2D eigenvalue weighted by atomic mass is 32.2. The third-order valence-electron chi connectivity index (χ3n) is 4.79. The molecule has 0 atom stereocenters. The number of ether oxygens (including phenoxy) is 3. The van der Waals surface area contributed by atoms with Crippen molar-refractivity contribution in [1.29, 1.82) is 0 Å². The molecule has 31 heavy (non-hydrogen) atoms. The summed E-state index contributed by atoms with van der Waals surface area (Å²) in [5.74, 6) is -0.448. The van der Waals surface area contributed by atoms with E-state index in [0.717, 1.165) is 12.8 Å². The Balaban J connectivity index is 1.64. The van der Waals surface area contributed by atoms with Gasteiger partial charge in [-0.25, -0.2) is 13.2 Å². The molecule has 0 unspecified atom stereocenters. The molecule has 2 aromatic rings. The number of methoxy groups -OCH3 is 2. The molecular formula is C21H24N2O7S. The number of amides is 1. The number of anilines is 1. The standard InChI is InChI=1S/C21H24N2O7S/c1-28-16-8-9-19(29-2)18(13-16)22-20(24)14-30-21(25)15-6-5-7-17(12-15)31(26,27)23-10-3-4-11-23/h5-9,12-13H,3-4,10-11,14H2,1-2H3,(H,22,24). The Bertz CT molecular complexity index is 1060. The maximum atomic E-state index is 12.7. The molecule has 0 aliphatic carbocycles. The molecule has 0 saturated carbocycles. The summed E-state index contributed by atoms with van der Waals surface area (Å²) >= 11 is 0. The first-order valence-corrected chi connectivity index (χ1v) is 11.1. The lowest BCUT2D eigenvalue weighted by Crippen LogP contribution is -2.28. The predicted molar refractivity (Wildman–Crippen MR) is 113 cm³/mol. The fourth-order valence-corrected chi connectivity index (χ4v) is 4.74. The lowest BCUT2D eigenvalue weighted by molar-refractivity contribution is -0.119. The Morgan fingerprint density at radius 1 is 1.03 bits per heavy atom. The van der Waals surface area contributed by atoms with Crippen LogP contribution >= 0.6 is 0 Å². The second-order valence-electron chi connectivity index (χ2n) is 6.83. The molecule has 1 aliphatic heterocycles. The lowest BCUT2D eigenvalue weighted by atomic mass is 10.2. The van der Waals surface area contributed by atoms with Gasteiger partial charge in [-0.05, 0) is 43.2 Å². The number of nitrogens with one attached hydrogen (secondary N) is 1. The summed E-state index contributed by atoms with van der Waals surface area (Å²) in [6, 6.07) is 10.5. The lowest BCUT2D eigenvalue weighted by Gasteiger charge is -2.16. The SMILES string of the molecule is COc1ccc(OC)c(NC(=O)COC(=O)c2cccc(S(=O)(=O)N3CCCC3)c2)c1. The van der Waals surface area contributed by atoms with Gasteiger partial charge in [-0.1, -0.05) is 6.07 Å². The molecule has 0 bridgehead atoms. The summed E-state index contributed by atoms with van der Waals surface area (Å²) in [5, 5.41) is 2.59. The number of nitrogens with zero attached hydrogens (tertiary/aromatic N) is 1. The maximum absolute atomic E-state index is 12.7. The van der Waals surface area contributed by atoms with E-state index in [0.29, 0.717) is 30.3 Å². The van der Waals surface area contributed by atoms with Crippen molar-refractivity contribution in [3.05, 3.63) is 48.0 Å². The van der Waals surface area contributed by atoms with Crippen LogP contribution in [0.15, 0.2) is 47.4 Å². The van der Waals surface area contributed by atoms with Crippen molar-refractivity contribution < 1.29 is 32.2 Å². The van der Waals surface area contributed by atoms with E-state index in [-0.39, 0.29) is 10.5 Å². The first-order chi connectivity index (χ1) is 14.8. The largest absolute Gasteiger partial charge is 0.497 e. The molecule has 9 nitrogen and oxygen atoms in total. The van der Waals surface area contributed by atoms with Crippen molar-refractivity contribution in [2.75, 3.05) is 39.2 Å². The molecule has 2 aromatic carbocycles. The zero-order valence-corrected chi connectivity index (χ0v) is 18.1. The number of carbonyl (C=O) groups excluding carboxylic acids is 2. The molecule has 10 heteroatoms. The minimum Gasteiger partial charge on any atom is -0.497 e. The van der Waals surface area contributed by atoms with E-state index in [9.17, 15) is 18.0 Å². The summed E-state index contributed by atoms with van der Waals surface area (Å²) in [6.07, 6.45) is 1.63. The van der Waals surface area contributed by atoms with E-state index >= 15 is 0 Å². The highest BCUT2D eigenvalue weighted by Gasteiger charge is 2.27. The molecule has 1 saturated heterocycles. The average molecular weight is 448 g/mol. The topological polar surface area (TPSA) is 111 Å². The van der Waals surface area contributed by atoms with Gasteiger partial charge in [-0.3, -0.25) is 4.79 Å². The van der Waals surface area contributed by atoms with Crippen LogP contribution in [0.1, 0.15) is 23.2 Å². The van der Waals surface area contributed by atoms with Gasteiger partial charge < -0.3 is 19.5 Å². The molecule has 3 rings (SSSR count). The molecule has 1 heterocycles. The van der Waals surface area contributed by atoms with E-state index in [1.54, 1.807) is 18.2 Å². The van der Waals surface area contributed by atoms with E-state index in [2.05, 4.69) is 5.32 Å². The van der Waals surface area contributed by atoms with Crippen molar-refractivity contribution in [2.45, 2.75) is 17.7 Å². The molecule has 1 amide bonds. The van der Waals surface area contributed by atoms with Gasteiger partial charge in [0, 0.05) is 19.2 Å². The van der Waals surface area contributed by atoms with Crippen LogP contribution in [0.4, 0.5) is 5.69 Å². The quantitative estimate of drug-likeness (QED) is 0.617. The van der Waals surface area contributed by atoms with E-state index in [4.69, 9.17) is 14.2 Å². The summed E-state index contributed by atoms with van der Waals surface area (Å²) in [5.41, 5.74) is 0.411. The molecule has 1 aliphatic rings. The zero-order chi connectivity index (χ0) is 22.4. The Morgan fingerprint density at radius 2 is 1.77 bits per heavy atom. The van der Waals surface area contributed by atoms with E-state index < -0.39 is 28.5 Å².